The third-order valence-corrected chi connectivity index (χ3v) is 8.13. The van der Waals surface area contributed by atoms with E-state index in [9.17, 15) is 9.90 Å². The zero-order chi connectivity index (χ0) is 26.2. The third-order valence-electron chi connectivity index (χ3n) is 6.43. The van der Waals surface area contributed by atoms with Crippen molar-refractivity contribution in [2.24, 2.45) is 0 Å². The fraction of sp³-hybridized carbons (Fsp3) is 0.346. The summed E-state index contributed by atoms with van der Waals surface area (Å²) >= 11 is 0. The second-order valence-electron chi connectivity index (χ2n) is 10.5. The van der Waals surface area contributed by atoms with Crippen LogP contribution in [0.4, 0.5) is 10.6 Å². The first-order chi connectivity index (χ1) is 17.7. The number of nitrogen functional groups attached to an aromatic ring is 1. The van der Waals surface area contributed by atoms with E-state index >= 15 is 0 Å². The lowest BCUT2D eigenvalue weighted by Crippen LogP contribution is -2.34. The first-order valence-electron chi connectivity index (χ1n) is 12.2. The van der Waals surface area contributed by atoms with Crippen LogP contribution >= 0.6 is 0 Å². The fourth-order valence-electron chi connectivity index (χ4n) is 4.40. The minimum atomic E-state index is -1.21. The van der Waals surface area contributed by atoms with Crippen LogP contribution in [0, 0.1) is 0 Å². The number of benzene rings is 1. The van der Waals surface area contributed by atoms with Crippen LogP contribution in [-0.2, 0) is 24.4 Å². The quantitative estimate of drug-likeness (QED) is 0.232. The zero-order valence-corrected chi connectivity index (χ0v) is 22.2. The number of rotatable bonds is 8. The third kappa shape index (κ3) is 5.47. The van der Waals surface area contributed by atoms with Gasteiger partial charge in [0.05, 0.1) is 10.9 Å². The Labute approximate surface area is 215 Å². The monoisotopic (exact) mass is 521 g/mol. The molecule has 37 heavy (non-hydrogen) atoms. The van der Waals surface area contributed by atoms with Crippen molar-refractivity contribution in [3.8, 4) is 22.8 Å². The smallest absolute Gasteiger partial charge is 0.407 e. The van der Waals surface area contributed by atoms with Crippen molar-refractivity contribution in [1.82, 2.24) is 19.6 Å². The van der Waals surface area contributed by atoms with E-state index in [0.717, 1.165) is 28.1 Å². The highest BCUT2D eigenvalue weighted by atomic mass is 28.3. The van der Waals surface area contributed by atoms with Gasteiger partial charge in [0.2, 0.25) is 0 Å². The van der Waals surface area contributed by atoms with Crippen LogP contribution in [0.15, 0.2) is 47.2 Å². The van der Waals surface area contributed by atoms with Gasteiger partial charge < -0.3 is 34.3 Å². The van der Waals surface area contributed by atoms with Gasteiger partial charge in [0.1, 0.15) is 23.9 Å². The summed E-state index contributed by atoms with van der Waals surface area (Å²) in [6.07, 6.45) is 3.37. The Hall–Kier alpha value is -3.83. The molecule has 0 unspecified atom stereocenters. The van der Waals surface area contributed by atoms with E-state index < -0.39 is 14.2 Å². The molecule has 10 nitrogen and oxygen atoms in total. The van der Waals surface area contributed by atoms with E-state index in [1.165, 1.54) is 4.90 Å². The van der Waals surface area contributed by atoms with Crippen LogP contribution < -0.4 is 10.5 Å². The summed E-state index contributed by atoms with van der Waals surface area (Å²) in [5, 5.41) is 14.0. The standard InChI is InChI=1S/C26H31N5O5Si/c1-37(2,3)11-10-34-16-31-15-20(22-13-23(27)29-36-22)24-21(6-8-28-25(24)31)35-19-5-4-17-7-9-30(26(32)33)14-18(17)12-19/h4-6,8,12-13,15H,7,9-11,14,16H2,1-3H3,(H2,27,29)(H,32,33). The number of carboxylic acid groups (broad SMARTS) is 1. The molecule has 0 saturated heterocycles. The Morgan fingerprint density at radius 2 is 2.05 bits per heavy atom. The van der Waals surface area contributed by atoms with Gasteiger partial charge in [-0.2, -0.15) is 0 Å². The van der Waals surface area contributed by atoms with Crippen molar-refractivity contribution in [2.75, 3.05) is 18.9 Å². The van der Waals surface area contributed by atoms with Crippen molar-refractivity contribution in [3.05, 3.63) is 53.9 Å². The summed E-state index contributed by atoms with van der Waals surface area (Å²) < 4.78 is 19.8. The molecule has 3 N–H and O–H groups in total. The van der Waals surface area contributed by atoms with Gasteiger partial charge in [-0.05, 0) is 41.8 Å². The first kappa shape index (κ1) is 24.8. The van der Waals surface area contributed by atoms with Gasteiger partial charge in [-0.15, -0.1) is 0 Å². The number of nitrogens with two attached hydrogens (primary N) is 1. The lowest BCUT2D eigenvalue weighted by Gasteiger charge is -2.26. The molecule has 0 saturated carbocycles. The van der Waals surface area contributed by atoms with Gasteiger partial charge in [0, 0.05) is 46.2 Å². The molecule has 5 rings (SSSR count). The average Bonchev–Trinajstić information content (AvgIpc) is 3.45. The number of anilines is 1. The van der Waals surface area contributed by atoms with Gasteiger partial charge in [-0.25, -0.2) is 9.78 Å². The van der Waals surface area contributed by atoms with E-state index in [0.29, 0.717) is 55.8 Å². The second-order valence-corrected chi connectivity index (χ2v) is 16.1. The predicted octanol–water partition coefficient (Wildman–Crippen LogP) is 5.41. The van der Waals surface area contributed by atoms with E-state index in [-0.39, 0.29) is 5.82 Å². The summed E-state index contributed by atoms with van der Waals surface area (Å²) in [6.45, 7) is 8.80. The molecular formula is C26H31N5O5Si. The first-order valence-corrected chi connectivity index (χ1v) is 15.9. The highest BCUT2D eigenvalue weighted by Crippen LogP contribution is 2.39. The summed E-state index contributed by atoms with van der Waals surface area (Å²) in [5.41, 5.74) is 9.33. The molecular weight excluding hydrogens is 490 g/mol. The number of nitrogens with zero attached hydrogens (tertiary/aromatic N) is 4. The molecule has 0 radical (unpaired) electrons. The molecule has 1 amide bonds. The van der Waals surface area contributed by atoms with E-state index in [2.05, 4.69) is 29.8 Å². The number of fused-ring (bicyclic) bond motifs is 2. The maximum atomic E-state index is 11.5. The van der Waals surface area contributed by atoms with Crippen molar-refractivity contribution < 1.29 is 23.9 Å². The molecule has 1 aliphatic heterocycles. The number of ether oxygens (including phenoxy) is 2. The molecule has 1 aliphatic rings. The highest BCUT2D eigenvalue weighted by Gasteiger charge is 2.23. The minimum Gasteiger partial charge on any atom is -0.465 e. The molecule has 1 aromatic carbocycles. The SMILES string of the molecule is C[Si](C)(C)CCOCn1cc(-c2cc(N)no2)c2c(Oc3ccc4c(c3)CN(C(=O)O)CC4)ccnc21. The number of aromatic nitrogens is 3. The molecule has 0 aliphatic carbocycles. The summed E-state index contributed by atoms with van der Waals surface area (Å²) in [5.74, 6) is 1.98. The van der Waals surface area contributed by atoms with Crippen molar-refractivity contribution >= 4 is 31.0 Å². The number of pyridine rings is 1. The predicted molar refractivity (Wildman–Crippen MR) is 142 cm³/mol. The lowest BCUT2D eigenvalue weighted by atomic mass is 10.00. The average molecular weight is 522 g/mol. The molecule has 194 valence electrons. The van der Waals surface area contributed by atoms with Crippen LogP contribution in [0.2, 0.25) is 25.7 Å². The normalized spacial score (nSPS) is 13.6. The van der Waals surface area contributed by atoms with Crippen molar-refractivity contribution in [2.45, 2.75) is 45.4 Å². The maximum Gasteiger partial charge on any atom is 0.407 e. The Morgan fingerprint density at radius 1 is 1.22 bits per heavy atom. The van der Waals surface area contributed by atoms with E-state index in [1.807, 2.05) is 29.0 Å². The molecule has 0 fully saturated rings. The number of carbonyl (C=O) groups is 1. The molecule has 4 aromatic rings. The summed E-state index contributed by atoms with van der Waals surface area (Å²) in [4.78, 5) is 17.5. The molecule has 11 heteroatoms. The Morgan fingerprint density at radius 3 is 2.78 bits per heavy atom. The fourth-order valence-corrected chi connectivity index (χ4v) is 5.16. The van der Waals surface area contributed by atoms with Gasteiger partial charge >= 0.3 is 6.09 Å². The van der Waals surface area contributed by atoms with Crippen LogP contribution in [0.1, 0.15) is 11.1 Å². The largest absolute Gasteiger partial charge is 0.465 e. The van der Waals surface area contributed by atoms with Gasteiger partial charge in [0.15, 0.2) is 11.6 Å². The van der Waals surface area contributed by atoms with Gasteiger partial charge in [-0.3, -0.25) is 0 Å². The zero-order valence-electron chi connectivity index (χ0n) is 21.2. The van der Waals surface area contributed by atoms with Crippen LogP contribution in [0.25, 0.3) is 22.4 Å². The lowest BCUT2D eigenvalue weighted by molar-refractivity contribution is 0.0899. The van der Waals surface area contributed by atoms with E-state index in [1.54, 1.807) is 18.3 Å². The van der Waals surface area contributed by atoms with Crippen LogP contribution in [0.5, 0.6) is 11.5 Å². The number of amides is 1. The Kier molecular flexibility index (Phi) is 6.65. The maximum absolute atomic E-state index is 11.5. The van der Waals surface area contributed by atoms with Gasteiger partial charge in [-0.1, -0.05) is 30.9 Å². The number of hydrogen-bond donors (Lipinski definition) is 2. The summed E-state index contributed by atoms with van der Waals surface area (Å²) in [6, 6.07) is 10.3. The van der Waals surface area contributed by atoms with Crippen molar-refractivity contribution in [1.29, 1.82) is 0 Å². The van der Waals surface area contributed by atoms with E-state index in [4.69, 9.17) is 19.7 Å². The Balaban J connectivity index is 1.48. The Bertz CT molecular complexity index is 1440. The molecule has 0 bridgehead atoms. The summed E-state index contributed by atoms with van der Waals surface area (Å²) in [7, 11) is -1.21. The van der Waals surface area contributed by atoms with Gasteiger partial charge in [0.25, 0.3) is 0 Å². The molecule has 3 aromatic heterocycles. The molecule has 0 atom stereocenters. The molecule has 4 heterocycles. The minimum absolute atomic E-state index is 0.284. The van der Waals surface area contributed by atoms with Crippen LogP contribution in [0.3, 0.4) is 0 Å². The van der Waals surface area contributed by atoms with Crippen LogP contribution in [-0.4, -0.2) is 52.0 Å². The molecule has 0 spiro atoms. The number of hydrogen-bond acceptors (Lipinski definition) is 7. The topological polar surface area (TPSA) is 129 Å². The highest BCUT2D eigenvalue weighted by molar-refractivity contribution is 6.76. The van der Waals surface area contributed by atoms with Crippen molar-refractivity contribution in [3.63, 3.8) is 0 Å². The second kappa shape index (κ2) is 9.90.